The third-order valence-corrected chi connectivity index (χ3v) is 4.27. The fourth-order valence-corrected chi connectivity index (χ4v) is 3.12. The molecular formula is C18H21FN2O6S. The second-order valence-electron chi connectivity index (χ2n) is 5.79. The zero-order chi connectivity index (χ0) is 20.9. The van der Waals surface area contributed by atoms with Crippen molar-refractivity contribution in [3.8, 4) is 17.2 Å². The predicted molar refractivity (Wildman–Crippen MR) is 103 cm³/mol. The van der Waals surface area contributed by atoms with Gasteiger partial charge in [-0.3, -0.25) is 9.52 Å². The molecule has 0 saturated carbocycles. The number of hydrogen-bond donors (Lipinski definition) is 2. The monoisotopic (exact) mass is 412 g/mol. The van der Waals surface area contributed by atoms with Gasteiger partial charge in [-0.15, -0.1) is 0 Å². The van der Waals surface area contributed by atoms with Crippen molar-refractivity contribution in [2.75, 3.05) is 37.6 Å². The van der Waals surface area contributed by atoms with Crippen molar-refractivity contribution >= 4 is 27.3 Å². The normalized spacial score (nSPS) is 10.9. The number of anilines is 2. The van der Waals surface area contributed by atoms with Crippen molar-refractivity contribution in [1.82, 2.24) is 0 Å². The highest BCUT2D eigenvalue weighted by atomic mass is 32.2. The maximum absolute atomic E-state index is 13.8. The zero-order valence-electron chi connectivity index (χ0n) is 15.8. The SMILES string of the molecule is COc1ccc(CC(=O)Nc2ccc(F)c(NS(C)(=O)=O)c2)c(OC)c1OC. The van der Waals surface area contributed by atoms with Gasteiger partial charge in [-0.2, -0.15) is 0 Å². The summed E-state index contributed by atoms with van der Waals surface area (Å²) in [5.74, 6) is -0.00166. The van der Waals surface area contributed by atoms with E-state index in [1.165, 1.54) is 33.5 Å². The molecule has 1 amide bonds. The third-order valence-electron chi connectivity index (χ3n) is 3.68. The largest absolute Gasteiger partial charge is 0.493 e. The summed E-state index contributed by atoms with van der Waals surface area (Å²) >= 11 is 0. The Kier molecular flexibility index (Phi) is 6.68. The Morgan fingerprint density at radius 2 is 1.71 bits per heavy atom. The molecule has 28 heavy (non-hydrogen) atoms. The number of benzene rings is 2. The van der Waals surface area contributed by atoms with Gasteiger partial charge in [0.05, 0.1) is 39.7 Å². The minimum Gasteiger partial charge on any atom is -0.493 e. The number of amides is 1. The Hall–Kier alpha value is -3.01. The van der Waals surface area contributed by atoms with Crippen molar-refractivity contribution in [2.45, 2.75) is 6.42 Å². The van der Waals surface area contributed by atoms with Gasteiger partial charge in [0.2, 0.25) is 21.7 Å². The van der Waals surface area contributed by atoms with Crippen LogP contribution in [0, 0.1) is 5.82 Å². The summed E-state index contributed by atoms with van der Waals surface area (Å²) in [5, 5.41) is 2.59. The molecule has 0 spiro atoms. The molecule has 10 heteroatoms. The van der Waals surface area contributed by atoms with Crippen LogP contribution in [-0.2, 0) is 21.2 Å². The highest BCUT2D eigenvalue weighted by molar-refractivity contribution is 7.92. The Labute approximate surface area is 162 Å². The first-order chi connectivity index (χ1) is 13.2. The molecule has 152 valence electrons. The lowest BCUT2D eigenvalue weighted by molar-refractivity contribution is -0.115. The summed E-state index contributed by atoms with van der Waals surface area (Å²) in [6.45, 7) is 0. The lowest BCUT2D eigenvalue weighted by Gasteiger charge is -2.16. The average molecular weight is 412 g/mol. The predicted octanol–water partition coefficient (Wildman–Crippen LogP) is 2.40. The average Bonchev–Trinajstić information content (AvgIpc) is 2.62. The fraction of sp³-hybridized carbons (Fsp3) is 0.278. The fourth-order valence-electron chi connectivity index (χ4n) is 2.56. The second-order valence-corrected chi connectivity index (χ2v) is 7.54. The van der Waals surface area contributed by atoms with E-state index in [4.69, 9.17) is 14.2 Å². The summed E-state index contributed by atoms with van der Waals surface area (Å²) in [7, 11) is 0.728. The van der Waals surface area contributed by atoms with Crippen LogP contribution in [-0.4, -0.2) is 41.9 Å². The minimum atomic E-state index is -3.66. The molecule has 0 atom stereocenters. The molecule has 0 unspecified atom stereocenters. The highest BCUT2D eigenvalue weighted by Crippen LogP contribution is 2.40. The number of hydrogen-bond acceptors (Lipinski definition) is 6. The van der Waals surface area contributed by atoms with Gasteiger partial charge < -0.3 is 19.5 Å². The van der Waals surface area contributed by atoms with E-state index in [0.717, 1.165) is 12.3 Å². The number of sulfonamides is 1. The van der Waals surface area contributed by atoms with Gasteiger partial charge in [0.1, 0.15) is 5.82 Å². The molecule has 0 aliphatic carbocycles. The summed E-state index contributed by atoms with van der Waals surface area (Å²) in [6.07, 6.45) is 0.844. The van der Waals surface area contributed by atoms with Crippen LogP contribution < -0.4 is 24.2 Å². The third kappa shape index (κ3) is 5.26. The topological polar surface area (TPSA) is 103 Å². The lowest BCUT2D eigenvalue weighted by atomic mass is 10.1. The van der Waals surface area contributed by atoms with Crippen LogP contribution >= 0.6 is 0 Å². The lowest BCUT2D eigenvalue weighted by Crippen LogP contribution is -2.16. The van der Waals surface area contributed by atoms with Crippen LogP contribution in [0.3, 0.4) is 0 Å². The minimum absolute atomic E-state index is 0.0598. The Morgan fingerprint density at radius 3 is 2.29 bits per heavy atom. The molecule has 0 fully saturated rings. The second kappa shape index (κ2) is 8.79. The van der Waals surface area contributed by atoms with Crippen molar-refractivity contribution in [3.05, 3.63) is 41.7 Å². The van der Waals surface area contributed by atoms with Crippen molar-refractivity contribution in [1.29, 1.82) is 0 Å². The molecule has 0 aromatic heterocycles. The number of methoxy groups -OCH3 is 3. The molecule has 0 saturated heterocycles. The number of carbonyl (C=O) groups excluding carboxylic acids is 1. The highest BCUT2D eigenvalue weighted by Gasteiger charge is 2.18. The number of carbonyl (C=O) groups is 1. The van der Waals surface area contributed by atoms with Crippen LogP contribution in [0.2, 0.25) is 0 Å². The summed E-state index contributed by atoms with van der Waals surface area (Å²) in [5.41, 5.74) is 0.523. The first-order valence-corrected chi connectivity index (χ1v) is 9.92. The van der Waals surface area contributed by atoms with Crippen LogP contribution in [0.4, 0.5) is 15.8 Å². The summed E-state index contributed by atoms with van der Waals surface area (Å²) < 4.78 is 54.3. The quantitative estimate of drug-likeness (QED) is 0.690. The van der Waals surface area contributed by atoms with Gasteiger partial charge in [0, 0.05) is 11.3 Å². The van der Waals surface area contributed by atoms with Crippen LogP contribution in [0.1, 0.15) is 5.56 Å². The number of halogens is 1. The number of rotatable bonds is 8. The van der Waals surface area contributed by atoms with E-state index in [0.29, 0.717) is 22.8 Å². The van der Waals surface area contributed by atoms with E-state index >= 15 is 0 Å². The van der Waals surface area contributed by atoms with Crippen molar-refractivity contribution in [2.24, 2.45) is 0 Å². The Bertz CT molecular complexity index is 978. The van der Waals surface area contributed by atoms with Crippen molar-refractivity contribution in [3.63, 3.8) is 0 Å². The molecule has 2 aromatic carbocycles. The van der Waals surface area contributed by atoms with Gasteiger partial charge in [-0.25, -0.2) is 12.8 Å². The first kappa shape index (κ1) is 21.3. The van der Waals surface area contributed by atoms with E-state index in [1.807, 2.05) is 0 Å². The standard InChI is InChI=1S/C18H21FN2O6S/c1-25-15-8-5-11(17(26-2)18(15)27-3)9-16(22)20-12-6-7-13(19)14(10-12)21-28(4,23)24/h5-8,10,21H,9H2,1-4H3,(H,20,22). The van der Waals surface area contributed by atoms with Gasteiger partial charge in [0.15, 0.2) is 11.5 Å². The van der Waals surface area contributed by atoms with Crippen LogP contribution in [0.5, 0.6) is 17.2 Å². The first-order valence-electron chi connectivity index (χ1n) is 8.03. The molecule has 0 aliphatic rings. The van der Waals surface area contributed by atoms with E-state index in [9.17, 15) is 17.6 Å². The molecule has 0 aliphatic heterocycles. The van der Waals surface area contributed by atoms with Gasteiger partial charge in [-0.1, -0.05) is 6.07 Å². The van der Waals surface area contributed by atoms with Crippen molar-refractivity contribution < 1.29 is 31.8 Å². The van der Waals surface area contributed by atoms with Gasteiger partial charge >= 0.3 is 0 Å². The molecule has 2 rings (SSSR count). The molecule has 8 nitrogen and oxygen atoms in total. The summed E-state index contributed by atoms with van der Waals surface area (Å²) in [4.78, 5) is 12.4. The number of ether oxygens (including phenoxy) is 3. The molecular weight excluding hydrogens is 391 g/mol. The molecule has 0 radical (unpaired) electrons. The maximum Gasteiger partial charge on any atom is 0.229 e. The zero-order valence-corrected chi connectivity index (χ0v) is 16.6. The molecule has 0 bridgehead atoms. The smallest absolute Gasteiger partial charge is 0.229 e. The van der Waals surface area contributed by atoms with Crippen LogP contribution in [0.15, 0.2) is 30.3 Å². The van der Waals surface area contributed by atoms with E-state index in [-0.39, 0.29) is 17.8 Å². The van der Waals surface area contributed by atoms with E-state index < -0.39 is 21.7 Å². The Morgan fingerprint density at radius 1 is 1.04 bits per heavy atom. The van der Waals surface area contributed by atoms with E-state index in [1.54, 1.807) is 12.1 Å². The molecule has 0 heterocycles. The molecule has 2 aromatic rings. The Balaban J connectivity index is 2.22. The maximum atomic E-state index is 13.8. The van der Waals surface area contributed by atoms with Gasteiger partial charge in [0.25, 0.3) is 0 Å². The van der Waals surface area contributed by atoms with Gasteiger partial charge in [-0.05, 0) is 24.3 Å². The molecule has 2 N–H and O–H groups in total. The van der Waals surface area contributed by atoms with E-state index in [2.05, 4.69) is 10.0 Å². The number of nitrogens with one attached hydrogen (secondary N) is 2. The summed E-state index contributed by atoms with van der Waals surface area (Å²) in [6, 6.07) is 6.89. The van der Waals surface area contributed by atoms with Crippen LogP contribution in [0.25, 0.3) is 0 Å².